The first-order valence-electron chi connectivity index (χ1n) is 7.49. The Labute approximate surface area is 141 Å². The molecule has 0 N–H and O–H groups in total. The van der Waals surface area contributed by atoms with Crippen LogP contribution in [-0.4, -0.2) is 16.0 Å². The SMILES string of the molecule is C=C(C)COc1ccc(-c2nc3ccc(C)cn3c2CCl)cc1. The molecule has 0 unspecified atom stereocenters. The summed E-state index contributed by atoms with van der Waals surface area (Å²) < 4.78 is 7.70. The van der Waals surface area contributed by atoms with E-state index in [0.717, 1.165) is 33.9 Å². The maximum Gasteiger partial charge on any atom is 0.137 e. The summed E-state index contributed by atoms with van der Waals surface area (Å²) in [5.74, 6) is 1.23. The molecule has 0 atom stereocenters. The zero-order valence-corrected chi connectivity index (χ0v) is 14.1. The molecule has 3 nitrogen and oxygen atoms in total. The molecule has 2 heterocycles. The molecule has 23 heavy (non-hydrogen) atoms. The van der Waals surface area contributed by atoms with Crippen molar-refractivity contribution in [2.75, 3.05) is 6.61 Å². The van der Waals surface area contributed by atoms with Crippen LogP contribution in [0.1, 0.15) is 18.2 Å². The number of nitrogens with zero attached hydrogens (tertiary/aromatic N) is 2. The molecule has 1 aromatic carbocycles. The van der Waals surface area contributed by atoms with Crippen molar-refractivity contribution in [3.05, 3.63) is 66.0 Å². The monoisotopic (exact) mass is 326 g/mol. The second kappa shape index (κ2) is 6.47. The van der Waals surface area contributed by atoms with Crippen LogP contribution in [0.2, 0.25) is 0 Å². The predicted octanol–water partition coefficient (Wildman–Crippen LogP) is 5.00. The maximum absolute atomic E-state index is 6.18. The van der Waals surface area contributed by atoms with Crippen molar-refractivity contribution in [3.63, 3.8) is 0 Å². The van der Waals surface area contributed by atoms with Crippen molar-refractivity contribution in [1.29, 1.82) is 0 Å². The molecular formula is C19H19ClN2O. The highest BCUT2D eigenvalue weighted by molar-refractivity contribution is 6.17. The summed E-state index contributed by atoms with van der Waals surface area (Å²) in [6, 6.07) is 12.0. The van der Waals surface area contributed by atoms with Gasteiger partial charge < -0.3 is 9.14 Å². The molecule has 0 spiro atoms. The molecule has 0 aliphatic heterocycles. The number of rotatable bonds is 5. The average Bonchev–Trinajstić information content (AvgIpc) is 2.91. The predicted molar refractivity (Wildman–Crippen MR) is 95.2 cm³/mol. The molecule has 3 aromatic rings. The first-order chi connectivity index (χ1) is 11.1. The van der Waals surface area contributed by atoms with Crippen molar-refractivity contribution in [2.24, 2.45) is 0 Å². The van der Waals surface area contributed by atoms with Crippen LogP contribution < -0.4 is 4.74 Å². The lowest BCUT2D eigenvalue weighted by molar-refractivity contribution is 0.353. The fraction of sp³-hybridized carbons (Fsp3) is 0.211. The third-order valence-corrected chi connectivity index (χ3v) is 3.86. The lowest BCUT2D eigenvalue weighted by Crippen LogP contribution is -1.97. The molecule has 0 saturated carbocycles. The number of ether oxygens (including phenoxy) is 1. The van der Waals surface area contributed by atoms with E-state index >= 15 is 0 Å². The van der Waals surface area contributed by atoms with E-state index in [2.05, 4.69) is 30.2 Å². The third kappa shape index (κ3) is 3.25. The molecular weight excluding hydrogens is 308 g/mol. The van der Waals surface area contributed by atoms with Gasteiger partial charge in [-0.15, -0.1) is 11.6 Å². The number of aryl methyl sites for hydroxylation is 1. The van der Waals surface area contributed by atoms with Gasteiger partial charge in [0.2, 0.25) is 0 Å². The van der Waals surface area contributed by atoms with Gasteiger partial charge in [0.05, 0.1) is 17.3 Å². The lowest BCUT2D eigenvalue weighted by atomic mass is 10.1. The highest BCUT2D eigenvalue weighted by Gasteiger charge is 2.13. The Morgan fingerprint density at radius 3 is 2.61 bits per heavy atom. The molecule has 0 fully saturated rings. The van der Waals surface area contributed by atoms with Gasteiger partial charge in [-0.25, -0.2) is 4.98 Å². The second-order valence-electron chi connectivity index (χ2n) is 5.75. The number of hydrogen-bond donors (Lipinski definition) is 0. The van der Waals surface area contributed by atoms with Crippen LogP contribution in [0.25, 0.3) is 16.9 Å². The zero-order chi connectivity index (χ0) is 16.4. The fourth-order valence-corrected chi connectivity index (χ4v) is 2.73. The second-order valence-corrected chi connectivity index (χ2v) is 6.01. The van der Waals surface area contributed by atoms with Crippen LogP contribution in [-0.2, 0) is 5.88 Å². The number of imidazole rings is 1. The fourth-order valence-electron chi connectivity index (χ4n) is 2.47. The number of fused-ring (bicyclic) bond motifs is 1. The number of pyridine rings is 1. The number of aromatic nitrogens is 2. The minimum Gasteiger partial charge on any atom is -0.489 e. The van der Waals surface area contributed by atoms with Crippen molar-refractivity contribution in [2.45, 2.75) is 19.7 Å². The van der Waals surface area contributed by atoms with Crippen molar-refractivity contribution in [3.8, 4) is 17.0 Å². The van der Waals surface area contributed by atoms with Crippen LogP contribution in [0.15, 0.2) is 54.7 Å². The molecule has 0 aliphatic carbocycles. The quantitative estimate of drug-likeness (QED) is 0.487. The number of alkyl halides is 1. The summed E-state index contributed by atoms with van der Waals surface area (Å²) in [7, 11) is 0. The molecule has 0 amide bonds. The van der Waals surface area contributed by atoms with Gasteiger partial charge in [0.15, 0.2) is 0 Å². The van der Waals surface area contributed by atoms with Gasteiger partial charge in [-0.3, -0.25) is 0 Å². The highest BCUT2D eigenvalue weighted by Crippen LogP contribution is 2.27. The Balaban J connectivity index is 1.98. The van der Waals surface area contributed by atoms with Gasteiger partial charge in [-0.2, -0.15) is 0 Å². The Kier molecular flexibility index (Phi) is 4.39. The molecule has 118 valence electrons. The van der Waals surface area contributed by atoms with Crippen molar-refractivity contribution < 1.29 is 4.74 Å². The van der Waals surface area contributed by atoms with Crippen molar-refractivity contribution in [1.82, 2.24) is 9.38 Å². The third-order valence-electron chi connectivity index (χ3n) is 3.60. The first kappa shape index (κ1) is 15.6. The molecule has 0 bridgehead atoms. The van der Waals surface area contributed by atoms with Gasteiger partial charge in [-0.1, -0.05) is 12.6 Å². The highest BCUT2D eigenvalue weighted by atomic mass is 35.5. The van der Waals surface area contributed by atoms with E-state index in [9.17, 15) is 0 Å². The minimum absolute atomic E-state index is 0.411. The van der Waals surface area contributed by atoms with E-state index < -0.39 is 0 Å². The van der Waals surface area contributed by atoms with E-state index in [4.69, 9.17) is 21.3 Å². The van der Waals surface area contributed by atoms with Crippen LogP contribution in [0.4, 0.5) is 0 Å². The van der Waals surface area contributed by atoms with Gasteiger partial charge in [0.25, 0.3) is 0 Å². The number of halogens is 1. The van der Waals surface area contributed by atoms with E-state index in [1.54, 1.807) is 0 Å². The molecule has 2 aromatic heterocycles. The zero-order valence-electron chi connectivity index (χ0n) is 13.3. The van der Waals surface area contributed by atoms with E-state index in [-0.39, 0.29) is 0 Å². The van der Waals surface area contributed by atoms with Crippen LogP contribution in [0.5, 0.6) is 5.75 Å². The van der Waals surface area contributed by atoms with Gasteiger partial charge in [0, 0.05) is 11.8 Å². The Bertz CT molecular complexity index is 850. The molecule has 3 rings (SSSR count). The number of benzene rings is 1. The Morgan fingerprint density at radius 2 is 1.96 bits per heavy atom. The standard InChI is InChI=1S/C19H19ClN2O/c1-13(2)12-23-16-7-5-15(6-8-16)19-17(10-20)22-11-14(3)4-9-18(22)21-19/h4-9,11H,1,10,12H2,2-3H3. The summed E-state index contributed by atoms with van der Waals surface area (Å²) >= 11 is 6.18. The van der Waals surface area contributed by atoms with Gasteiger partial charge in [-0.05, 0) is 55.3 Å². The summed E-state index contributed by atoms with van der Waals surface area (Å²) in [5.41, 5.74) is 6.03. The summed E-state index contributed by atoms with van der Waals surface area (Å²) in [4.78, 5) is 4.72. The van der Waals surface area contributed by atoms with Crippen LogP contribution in [0, 0.1) is 6.92 Å². The molecule has 4 heteroatoms. The molecule has 0 aliphatic rings. The minimum atomic E-state index is 0.411. The van der Waals surface area contributed by atoms with E-state index in [1.165, 1.54) is 5.56 Å². The maximum atomic E-state index is 6.18. The number of hydrogen-bond acceptors (Lipinski definition) is 2. The van der Waals surface area contributed by atoms with E-state index in [1.807, 2.05) is 37.3 Å². The Hall–Kier alpha value is -2.26. The van der Waals surface area contributed by atoms with Crippen LogP contribution >= 0.6 is 11.6 Å². The summed E-state index contributed by atoms with van der Waals surface area (Å²) in [6.07, 6.45) is 2.06. The Morgan fingerprint density at radius 1 is 1.22 bits per heavy atom. The average molecular weight is 327 g/mol. The van der Waals surface area contributed by atoms with Gasteiger partial charge >= 0.3 is 0 Å². The molecule has 0 saturated heterocycles. The summed E-state index contributed by atoms with van der Waals surface area (Å²) in [5, 5.41) is 0. The summed E-state index contributed by atoms with van der Waals surface area (Å²) in [6.45, 7) is 8.37. The van der Waals surface area contributed by atoms with Crippen molar-refractivity contribution >= 4 is 17.2 Å². The van der Waals surface area contributed by atoms with Crippen LogP contribution in [0.3, 0.4) is 0 Å². The van der Waals surface area contributed by atoms with E-state index in [0.29, 0.717) is 12.5 Å². The van der Waals surface area contributed by atoms with Gasteiger partial charge in [0.1, 0.15) is 18.0 Å². The topological polar surface area (TPSA) is 26.5 Å². The largest absolute Gasteiger partial charge is 0.489 e. The molecule has 0 radical (unpaired) electrons. The lowest BCUT2D eigenvalue weighted by Gasteiger charge is -2.07. The normalized spacial score (nSPS) is 10.9. The smallest absolute Gasteiger partial charge is 0.137 e. The first-order valence-corrected chi connectivity index (χ1v) is 8.03.